The Balaban J connectivity index is 2.23. The van der Waals surface area contributed by atoms with Gasteiger partial charge in [-0.15, -0.1) is 0 Å². The lowest BCUT2D eigenvalue weighted by Gasteiger charge is -2.09. The maximum atomic E-state index is 14.3. The lowest BCUT2D eigenvalue weighted by atomic mass is 9.96. The monoisotopic (exact) mass is 323 g/mol. The van der Waals surface area contributed by atoms with Gasteiger partial charge in [-0.3, -0.25) is 4.79 Å². The number of nitriles is 1. The zero-order valence-electron chi connectivity index (χ0n) is 12.6. The van der Waals surface area contributed by atoms with E-state index in [-0.39, 0.29) is 16.7 Å². The molecule has 0 spiro atoms. The Morgan fingerprint density at radius 1 is 1.08 bits per heavy atom. The second kappa shape index (κ2) is 6.05. The molecule has 0 aliphatic rings. The molecule has 0 bridgehead atoms. The molecular weight excluding hydrogens is 312 g/mol. The van der Waals surface area contributed by atoms with E-state index in [1.165, 1.54) is 36.5 Å². The first-order valence-corrected chi connectivity index (χ1v) is 7.05. The summed E-state index contributed by atoms with van der Waals surface area (Å²) in [5.74, 6) is -1.17. The Bertz CT molecular complexity index is 1020. The van der Waals surface area contributed by atoms with Crippen LogP contribution in [-0.4, -0.2) is 9.97 Å². The normalized spacial score (nSPS) is 10.4. The molecular formula is C18H11F2N3O. The molecule has 118 valence electrons. The lowest BCUT2D eigenvalue weighted by Crippen LogP contribution is -2.13. The molecule has 3 aromatic rings. The molecule has 0 aliphatic heterocycles. The third kappa shape index (κ3) is 2.79. The molecule has 0 unspecified atom stereocenters. The van der Waals surface area contributed by atoms with Crippen LogP contribution in [0.25, 0.3) is 22.3 Å². The number of nitrogens with one attached hydrogen (secondary N) is 1. The number of halogens is 2. The van der Waals surface area contributed by atoms with Crippen LogP contribution in [0.3, 0.4) is 0 Å². The number of rotatable bonds is 2. The molecule has 0 atom stereocenters. The van der Waals surface area contributed by atoms with Gasteiger partial charge in [-0.25, -0.2) is 9.37 Å². The first-order chi connectivity index (χ1) is 11.5. The minimum Gasteiger partial charge on any atom is -0.325 e. The van der Waals surface area contributed by atoms with Gasteiger partial charge in [-0.05, 0) is 42.8 Å². The summed E-state index contributed by atoms with van der Waals surface area (Å²) in [6, 6.07) is 10.4. The van der Waals surface area contributed by atoms with Crippen molar-refractivity contribution in [1.29, 1.82) is 5.26 Å². The SMILES string of the molecule is Cc1cc(-c2cc(-c3ccc(F)nc3)ccc2F)c(C#N)c(=O)[nH]1. The largest absolute Gasteiger partial charge is 0.325 e. The maximum Gasteiger partial charge on any atom is 0.266 e. The first kappa shape index (κ1) is 15.6. The van der Waals surface area contributed by atoms with Crippen LogP contribution in [0, 0.1) is 30.0 Å². The number of aromatic nitrogens is 2. The number of benzene rings is 1. The summed E-state index contributed by atoms with van der Waals surface area (Å²) in [5.41, 5.74) is 1.33. The van der Waals surface area contributed by atoms with Crippen molar-refractivity contribution in [2.45, 2.75) is 6.92 Å². The molecule has 4 nitrogen and oxygen atoms in total. The van der Waals surface area contributed by atoms with Gasteiger partial charge in [-0.1, -0.05) is 6.07 Å². The van der Waals surface area contributed by atoms with E-state index in [1.807, 2.05) is 6.07 Å². The Morgan fingerprint density at radius 3 is 2.50 bits per heavy atom. The molecule has 0 saturated heterocycles. The van der Waals surface area contributed by atoms with Crippen LogP contribution in [0.1, 0.15) is 11.3 Å². The predicted molar refractivity (Wildman–Crippen MR) is 85.1 cm³/mol. The number of hydrogen-bond acceptors (Lipinski definition) is 3. The van der Waals surface area contributed by atoms with Crippen LogP contribution in [0.4, 0.5) is 8.78 Å². The van der Waals surface area contributed by atoms with Crippen LogP contribution >= 0.6 is 0 Å². The van der Waals surface area contributed by atoms with Crippen LogP contribution < -0.4 is 5.56 Å². The number of aromatic amines is 1. The van der Waals surface area contributed by atoms with Gasteiger partial charge in [0.25, 0.3) is 5.56 Å². The van der Waals surface area contributed by atoms with Crippen molar-refractivity contribution in [2.75, 3.05) is 0 Å². The molecule has 1 aromatic carbocycles. The predicted octanol–water partition coefficient (Wildman–Crippen LogP) is 3.56. The topological polar surface area (TPSA) is 69.5 Å². The van der Waals surface area contributed by atoms with E-state index in [4.69, 9.17) is 0 Å². The zero-order valence-corrected chi connectivity index (χ0v) is 12.6. The van der Waals surface area contributed by atoms with E-state index in [0.29, 0.717) is 16.8 Å². The van der Waals surface area contributed by atoms with E-state index in [2.05, 4.69) is 9.97 Å². The quantitative estimate of drug-likeness (QED) is 0.733. The van der Waals surface area contributed by atoms with Crippen LogP contribution in [0.15, 0.2) is 47.4 Å². The van der Waals surface area contributed by atoms with Crippen molar-refractivity contribution in [1.82, 2.24) is 9.97 Å². The van der Waals surface area contributed by atoms with Gasteiger partial charge < -0.3 is 4.98 Å². The molecule has 2 heterocycles. The van der Waals surface area contributed by atoms with Crippen molar-refractivity contribution in [3.8, 4) is 28.3 Å². The van der Waals surface area contributed by atoms with Gasteiger partial charge in [-0.2, -0.15) is 9.65 Å². The summed E-state index contributed by atoms with van der Waals surface area (Å²) in [6.07, 6.45) is 1.33. The van der Waals surface area contributed by atoms with Crippen LogP contribution in [-0.2, 0) is 0 Å². The van der Waals surface area contributed by atoms with Crippen molar-refractivity contribution >= 4 is 0 Å². The Kier molecular flexibility index (Phi) is 3.92. The van der Waals surface area contributed by atoms with Gasteiger partial charge in [0.2, 0.25) is 5.95 Å². The standard InChI is InChI=1S/C18H11F2N3O/c1-10-6-13(15(8-21)18(24)23-10)14-7-11(2-4-16(14)19)12-3-5-17(20)22-9-12/h2-7,9H,1H3,(H,23,24). The summed E-state index contributed by atoms with van der Waals surface area (Å²) in [6.45, 7) is 1.65. The highest BCUT2D eigenvalue weighted by molar-refractivity contribution is 5.76. The van der Waals surface area contributed by atoms with Gasteiger partial charge in [0.1, 0.15) is 17.4 Å². The number of aryl methyl sites for hydroxylation is 1. The highest BCUT2D eigenvalue weighted by Gasteiger charge is 2.15. The third-order valence-corrected chi connectivity index (χ3v) is 3.60. The molecule has 0 saturated carbocycles. The van der Waals surface area contributed by atoms with Gasteiger partial charge >= 0.3 is 0 Å². The van der Waals surface area contributed by atoms with Crippen molar-refractivity contribution in [3.05, 3.63) is 76.0 Å². The molecule has 1 N–H and O–H groups in total. The Hall–Kier alpha value is -3.33. The summed E-state index contributed by atoms with van der Waals surface area (Å²) >= 11 is 0. The molecule has 2 aromatic heterocycles. The number of pyridine rings is 2. The van der Waals surface area contributed by atoms with Crippen molar-refractivity contribution in [3.63, 3.8) is 0 Å². The fourth-order valence-corrected chi connectivity index (χ4v) is 2.47. The van der Waals surface area contributed by atoms with Gasteiger partial charge in [0, 0.05) is 28.6 Å². The van der Waals surface area contributed by atoms with E-state index < -0.39 is 17.3 Å². The van der Waals surface area contributed by atoms with Crippen LogP contribution in [0.2, 0.25) is 0 Å². The van der Waals surface area contributed by atoms with E-state index in [9.17, 15) is 18.8 Å². The second-order valence-corrected chi connectivity index (χ2v) is 5.25. The molecule has 3 rings (SSSR count). The number of H-pyrrole nitrogens is 1. The molecule has 6 heteroatoms. The van der Waals surface area contributed by atoms with Crippen LogP contribution in [0.5, 0.6) is 0 Å². The Morgan fingerprint density at radius 2 is 1.83 bits per heavy atom. The van der Waals surface area contributed by atoms with Crippen molar-refractivity contribution in [2.24, 2.45) is 0 Å². The molecule has 0 amide bonds. The average molecular weight is 323 g/mol. The van der Waals surface area contributed by atoms with E-state index in [0.717, 1.165) is 0 Å². The molecule has 24 heavy (non-hydrogen) atoms. The summed E-state index contributed by atoms with van der Waals surface area (Å²) in [4.78, 5) is 18.0. The average Bonchev–Trinajstić information content (AvgIpc) is 2.55. The van der Waals surface area contributed by atoms with E-state index in [1.54, 1.807) is 13.0 Å². The summed E-state index contributed by atoms with van der Waals surface area (Å²) in [5, 5.41) is 9.22. The van der Waals surface area contributed by atoms with Crippen molar-refractivity contribution < 1.29 is 8.78 Å². The van der Waals surface area contributed by atoms with Gasteiger partial charge in [0.15, 0.2) is 0 Å². The first-order valence-electron chi connectivity index (χ1n) is 7.05. The second-order valence-electron chi connectivity index (χ2n) is 5.25. The summed E-state index contributed by atoms with van der Waals surface area (Å²) < 4.78 is 27.3. The fraction of sp³-hybridized carbons (Fsp3) is 0.0556. The zero-order chi connectivity index (χ0) is 17.3. The molecule has 0 radical (unpaired) electrons. The smallest absolute Gasteiger partial charge is 0.266 e. The molecule has 0 fully saturated rings. The third-order valence-electron chi connectivity index (χ3n) is 3.60. The number of nitrogens with zero attached hydrogens (tertiary/aromatic N) is 2. The van der Waals surface area contributed by atoms with E-state index >= 15 is 0 Å². The fourth-order valence-electron chi connectivity index (χ4n) is 2.47. The lowest BCUT2D eigenvalue weighted by molar-refractivity contribution is 0.584. The molecule has 0 aliphatic carbocycles. The summed E-state index contributed by atoms with van der Waals surface area (Å²) in [7, 11) is 0. The van der Waals surface area contributed by atoms with Gasteiger partial charge in [0.05, 0.1) is 0 Å². The minimum atomic E-state index is -0.613. The highest BCUT2D eigenvalue weighted by atomic mass is 19.1. The maximum absolute atomic E-state index is 14.3. The highest BCUT2D eigenvalue weighted by Crippen LogP contribution is 2.30. The Labute approximate surface area is 136 Å². The minimum absolute atomic E-state index is 0.127. The number of hydrogen-bond donors (Lipinski definition) is 1.